The van der Waals surface area contributed by atoms with Crippen LogP contribution in [0.5, 0.6) is 0 Å². The minimum absolute atomic E-state index is 0.424. The van der Waals surface area contributed by atoms with E-state index in [0.717, 1.165) is 0 Å². The molecule has 0 bridgehead atoms. The Morgan fingerprint density at radius 1 is 0.900 bits per heavy atom. The van der Waals surface area contributed by atoms with Gasteiger partial charge < -0.3 is 10.1 Å². The highest BCUT2D eigenvalue weighted by atomic mass is 16.5. The molecule has 0 amide bonds. The number of hydrogen-bond donors (Lipinski definition) is 1. The maximum absolute atomic E-state index is 5.64. The molecule has 2 fully saturated rings. The average molecular weight is 273 g/mol. The fourth-order valence-electron chi connectivity index (χ4n) is 4.10. The predicted molar refractivity (Wildman–Crippen MR) is 83.0 cm³/mol. The number of ether oxygens (including phenoxy) is 1. The molecule has 4 unspecified atom stereocenters. The van der Waals surface area contributed by atoms with E-state index in [1.807, 2.05) is 7.11 Å². The second kappa shape index (κ2) is 6.73. The third-order valence-electron chi connectivity index (χ3n) is 5.18. The molecule has 2 aliphatic carbocycles. The van der Waals surface area contributed by atoms with Crippen LogP contribution in [0.4, 0.5) is 0 Å². The molecule has 0 radical (unpaired) electrons. The summed E-state index contributed by atoms with van der Waals surface area (Å²) < 4.78 is 5.64. The van der Waals surface area contributed by atoms with Crippen molar-refractivity contribution >= 4 is 0 Å². The molecule has 4 atom stereocenters. The third-order valence-corrected chi connectivity index (χ3v) is 5.18. The number of benzene rings is 1. The molecule has 2 aliphatic rings. The lowest BCUT2D eigenvalue weighted by atomic mass is 9.79. The van der Waals surface area contributed by atoms with Crippen LogP contribution >= 0.6 is 0 Å². The molecule has 0 heterocycles. The zero-order chi connectivity index (χ0) is 13.8. The van der Waals surface area contributed by atoms with E-state index in [0.29, 0.717) is 24.1 Å². The smallest absolute Gasteiger partial charge is 0.0724 e. The highest BCUT2D eigenvalue weighted by Crippen LogP contribution is 2.34. The second-order valence-electron chi connectivity index (χ2n) is 6.39. The van der Waals surface area contributed by atoms with E-state index < -0.39 is 0 Å². The zero-order valence-corrected chi connectivity index (χ0v) is 12.6. The van der Waals surface area contributed by atoms with Crippen molar-refractivity contribution in [1.82, 2.24) is 5.32 Å². The molecule has 0 aliphatic heterocycles. The van der Waals surface area contributed by atoms with E-state index in [2.05, 4.69) is 35.6 Å². The Hall–Kier alpha value is -0.860. The molecule has 0 saturated heterocycles. The summed E-state index contributed by atoms with van der Waals surface area (Å²) >= 11 is 0. The van der Waals surface area contributed by atoms with Gasteiger partial charge in [-0.05, 0) is 43.6 Å². The summed E-state index contributed by atoms with van der Waals surface area (Å²) in [6.45, 7) is 0. The van der Waals surface area contributed by atoms with E-state index in [9.17, 15) is 0 Å². The standard InChI is InChI=1S/C18H27NO/c1-20-18-13-7-12-17(18)19-16-11-6-5-10-15(16)14-8-3-2-4-9-14/h2-4,8-9,15-19H,5-7,10-13H2,1H3. The van der Waals surface area contributed by atoms with Crippen LogP contribution in [-0.2, 0) is 4.74 Å². The van der Waals surface area contributed by atoms with Crippen molar-refractivity contribution < 1.29 is 4.74 Å². The summed E-state index contributed by atoms with van der Waals surface area (Å²) in [5.41, 5.74) is 1.51. The fourth-order valence-corrected chi connectivity index (χ4v) is 4.10. The summed E-state index contributed by atoms with van der Waals surface area (Å²) in [7, 11) is 1.86. The number of rotatable bonds is 4. The molecular formula is C18H27NO. The normalized spacial score (nSPS) is 34.2. The lowest BCUT2D eigenvalue weighted by Gasteiger charge is -2.36. The molecule has 0 aromatic heterocycles. The van der Waals surface area contributed by atoms with Crippen molar-refractivity contribution in [2.45, 2.75) is 69.1 Å². The third kappa shape index (κ3) is 3.07. The van der Waals surface area contributed by atoms with Crippen molar-refractivity contribution in [2.24, 2.45) is 0 Å². The molecule has 0 spiro atoms. The van der Waals surface area contributed by atoms with Gasteiger partial charge in [0.15, 0.2) is 0 Å². The first-order valence-electron chi connectivity index (χ1n) is 8.22. The quantitative estimate of drug-likeness (QED) is 0.899. The van der Waals surface area contributed by atoms with Crippen LogP contribution in [0.3, 0.4) is 0 Å². The topological polar surface area (TPSA) is 21.3 Å². The molecule has 3 rings (SSSR count). The monoisotopic (exact) mass is 273 g/mol. The van der Waals surface area contributed by atoms with Crippen LogP contribution in [0.25, 0.3) is 0 Å². The molecule has 110 valence electrons. The molecule has 1 aromatic carbocycles. The minimum Gasteiger partial charge on any atom is -0.380 e. The van der Waals surface area contributed by atoms with Gasteiger partial charge in [0, 0.05) is 19.2 Å². The Bertz CT molecular complexity index is 405. The lowest BCUT2D eigenvalue weighted by molar-refractivity contribution is 0.0775. The first kappa shape index (κ1) is 14.1. The summed E-state index contributed by atoms with van der Waals surface area (Å²) in [6.07, 6.45) is 9.60. The van der Waals surface area contributed by atoms with E-state index in [4.69, 9.17) is 4.74 Å². The SMILES string of the molecule is COC1CCCC1NC1CCCCC1c1ccccc1. The van der Waals surface area contributed by atoms with Crippen LogP contribution in [0.2, 0.25) is 0 Å². The van der Waals surface area contributed by atoms with Crippen LogP contribution in [0.15, 0.2) is 30.3 Å². The highest BCUT2D eigenvalue weighted by molar-refractivity contribution is 5.22. The van der Waals surface area contributed by atoms with Crippen molar-refractivity contribution in [3.05, 3.63) is 35.9 Å². The number of hydrogen-bond acceptors (Lipinski definition) is 2. The van der Waals surface area contributed by atoms with Gasteiger partial charge in [0.1, 0.15) is 0 Å². The largest absolute Gasteiger partial charge is 0.380 e. The summed E-state index contributed by atoms with van der Waals surface area (Å²) in [4.78, 5) is 0. The first-order chi connectivity index (χ1) is 9.88. The molecule has 2 saturated carbocycles. The Labute approximate surface area is 122 Å². The van der Waals surface area contributed by atoms with Crippen LogP contribution < -0.4 is 5.32 Å². The van der Waals surface area contributed by atoms with Gasteiger partial charge >= 0.3 is 0 Å². The molecule has 2 nitrogen and oxygen atoms in total. The Balaban J connectivity index is 1.69. The molecule has 1 aromatic rings. The number of nitrogens with one attached hydrogen (secondary N) is 1. The van der Waals surface area contributed by atoms with Crippen molar-refractivity contribution in [3.63, 3.8) is 0 Å². The van der Waals surface area contributed by atoms with Crippen LogP contribution in [-0.4, -0.2) is 25.3 Å². The fraction of sp³-hybridized carbons (Fsp3) is 0.667. The highest BCUT2D eigenvalue weighted by Gasteiger charge is 2.33. The maximum atomic E-state index is 5.64. The van der Waals surface area contributed by atoms with Gasteiger partial charge in [-0.25, -0.2) is 0 Å². The van der Waals surface area contributed by atoms with Gasteiger partial charge in [-0.15, -0.1) is 0 Å². The maximum Gasteiger partial charge on any atom is 0.0724 e. The van der Waals surface area contributed by atoms with Gasteiger partial charge in [0.05, 0.1) is 6.10 Å². The summed E-state index contributed by atoms with van der Waals surface area (Å²) in [5, 5.41) is 3.94. The van der Waals surface area contributed by atoms with Crippen LogP contribution in [0.1, 0.15) is 56.4 Å². The van der Waals surface area contributed by atoms with Gasteiger partial charge in [-0.3, -0.25) is 0 Å². The van der Waals surface area contributed by atoms with Gasteiger partial charge in [0.2, 0.25) is 0 Å². The number of methoxy groups -OCH3 is 1. The second-order valence-corrected chi connectivity index (χ2v) is 6.39. The molecule has 1 N–H and O–H groups in total. The Morgan fingerprint density at radius 2 is 1.65 bits per heavy atom. The zero-order valence-electron chi connectivity index (χ0n) is 12.6. The molecule has 2 heteroatoms. The van der Waals surface area contributed by atoms with Gasteiger partial charge in [-0.2, -0.15) is 0 Å². The van der Waals surface area contributed by atoms with Crippen molar-refractivity contribution in [3.8, 4) is 0 Å². The van der Waals surface area contributed by atoms with E-state index in [-0.39, 0.29) is 0 Å². The average Bonchev–Trinajstić information content (AvgIpc) is 2.96. The van der Waals surface area contributed by atoms with E-state index >= 15 is 0 Å². The predicted octanol–water partition coefficient (Wildman–Crippen LogP) is 3.87. The van der Waals surface area contributed by atoms with Crippen molar-refractivity contribution in [1.29, 1.82) is 0 Å². The van der Waals surface area contributed by atoms with Crippen molar-refractivity contribution in [2.75, 3.05) is 7.11 Å². The molecule has 20 heavy (non-hydrogen) atoms. The van der Waals surface area contributed by atoms with Crippen LogP contribution in [0, 0.1) is 0 Å². The Morgan fingerprint density at radius 3 is 2.45 bits per heavy atom. The summed E-state index contributed by atoms with van der Waals surface area (Å²) in [6, 6.07) is 12.3. The van der Waals surface area contributed by atoms with Gasteiger partial charge in [-0.1, -0.05) is 43.2 Å². The van der Waals surface area contributed by atoms with E-state index in [1.54, 1.807) is 0 Å². The van der Waals surface area contributed by atoms with Gasteiger partial charge in [0.25, 0.3) is 0 Å². The molecular weight excluding hydrogens is 246 g/mol. The minimum atomic E-state index is 0.424. The Kier molecular flexibility index (Phi) is 4.74. The van der Waals surface area contributed by atoms with E-state index in [1.165, 1.54) is 50.5 Å². The summed E-state index contributed by atoms with van der Waals surface area (Å²) in [5.74, 6) is 0.683. The first-order valence-corrected chi connectivity index (χ1v) is 8.22. The lowest BCUT2D eigenvalue weighted by Crippen LogP contribution is -2.47.